The van der Waals surface area contributed by atoms with E-state index in [4.69, 9.17) is 4.74 Å². The van der Waals surface area contributed by atoms with Crippen LogP contribution in [0.4, 0.5) is 0 Å². The molecule has 0 radical (unpaired) electrons. The number of hydrogen-bond acceptors (Lipinski definition) is 3. The molecule has 0 spiro atoms. The van der Waals surface area contributed by atoms with Gasteiger partial charge in [0.2, 0.25) is 0 Å². The Morgan fingerprint density at radius 3 is 2.07 bits per heavy atom. The molecule has 15 heavy (non-hydrogen) atoms. The van der Waals surface area contributed by atoms with Gasteiger partial charge in [-0.15, -0.1) is 0 Å². The first-order valence-electron chi connectivity index (χ1n) is 5.81. The van der Waals surface area contributed by atoms with Crippen LogP contribution in [0.5, 0.6) is 0 Å². The van der Waals surface area contributed by atoms with Gasteiger partial charge in [-0.1, -0.05) is 20.3 Å². The number of ether oxygens (including phenoxy) is 1. The molecular weight excluding hydrogens is 192 g/mol. The van der Waals surface area contributed by atoms with E-state index >= 15 is 0 Å². The zero-order valence-corrected chi connectivity index (χ0v) is 9.88. The molecular formula is C12H22O3. The van der Waals surface area contributed by atoms with Crippen molar-refractivity contribution in [1.29, 1.82) is 0 Å². The van der Waals surface area contributed by atoms with Gasteiger partial charge >= 0.3 is 0 Å². The van der Waals surface area contributed by atoms with E-state index in [1.807, 2.05) is 6.92 Å². The monoisotopic (exact) mass is 214 g/mol. The molecule has 0 heterocycles. The molecule has 3 nitrogen and oxygen atoms in total. The Hall–Kier alpha value is -0.700. The van der Waals surface area contributed by atoms with Gasteiger partial charge in [0.05, 0.1) is 13.2 Å². The standard InChI is InChI=1S/C12H22O3/c1-3-5-6-12(14)8-10-15-9-7-11(13)4-2/h3-10H2,1-2H3. The Morgan fingerprint density at radius 1 is 0.933 bits per heavy atom. The Kier molecular flexibility index (Phi) is 9.38. The van der Waals surface area contributed by atoms with Crippen molar-refractivity contribution < 1.29 is 14.3 Å². The Bertz CT molecular complexity index is 187. The van der Waals surface area contributed by atoms with Gasteiger partial charge in [-0.25, -0.2) is 0 Å². The SMILES string of the molecule is CCCCC(=O)CCOCCC(=O)CC. The lowest BCUT2D eigenvalue weighted by molar-refractivity contribution is -0.120. The number of ketones is 2. The number of hydrogen-bond donors (Lipinski definition) is 0. The van der Waals surface area contributed by atoms with Gasteiger partial charge in [-0.2, -0.15) is 0 Å². The van der Waals surface area contributed by atoms with Crippen LogP contribution in [-0.4, -0.2) is 24.8 Å². The van der Waals surface area contributed by atoms with E-state index in [9.17, 15) is 9.59 Å². The smallest absolute Gasteiger partial charge is 0.135 e. The first kappa shape index (κ1) is 14.3. The van der Waals surface area contributed by atoms with Crippen molar-refractivity contribution in [2.24, 2.45) is 0 Å². The summed E-state index contributed by atoms with van der Waals surface area (Å²) in [6.45, 7) is 4.82. The van der Waals surface area contributed by atoms with Crippen LogP contribution >= 0.6 is 0 Å². The lowest BCUT2D eigenvalue weighted by Crippen LogP contribution is -2.07. The molecule has 0 atom stereocenters. The molecule has 0 saturated carbocycles. The minimum Gasteiger partial charge on any atom is -0.381 e. The molecule has 0 unspecified atom stereocenters. The van der Waals surface area contributed by atoms with Crippen molar-refractivity contribution in [3.05, 3.63) is 0 Å². The summed E-state index contributed by atoms with van der Waals surface area (Å²) in [7, 11) is 0. The highest BCUT2D eigenvalue weighted by Gasteiger charge is 2.02. The van der Waals surface area contributed by atoms with Crippen LogP contribution < -0.4 is 0 Å². The fraction of sp³-hybridized carbons (Fsp3) is 0.833. The summed E-state index contributed by atoms with van der Waals surface area (Å²) in [4.78, 5) is 22.1. The average molecular weight is 214 g/mol. The second-order valence-corrected chi connectivity index (χ2v) is 3.65. The fourth-order valence-electron chi connectivity index (χ4n) is 1.15. The van der Waals surface area contributed by atoms with Gasteiger partial charge in [-0.3, -0.25) is 9.59 Å². The first-order chi connectivity index (χ1) is 7.20. The highest BCUT2D eigenvalue weighted by Crippen LogP contribution is 1.99. The van der Waals surface area contributed by atoms with Crippen molar-refractivity contribution in [2.75, 3.05) is 13.2 Å². The molecule has 0 N–H and O–H groups in total. The van der Waals surface area contributed by atoms with Gasteiger partial charge in [0.1, 0.15) is 11.6 Å². The third-order valence-corrected chi connectivity index (χ3v) is 2.25. The number of carbonyl (C=O) groups is 2. The summed E-state index contributed by atoms with van der Waals surface area (Å²) in [6.07, 6.45) is 4.21. The Balaban J connectivity index is 3.23. The second-order valence-electron chi connectivity index (χ2n) is 3.65. The molecule has 0 aliphatic heterocycles. The van der Waals surface area contributed by atoms with Gasteiger partial charge in [0, 0.05) is 25.7 Å². The summed E-state index contributed by atoms with van der Waals surface area (Å²) in [5.41, 5.74) is 0. The Morgan fingerprint density at radius 2 is 1.53 bits per heavy atom. The predicted molar refractivity (Wildman–Crippen MR) is 59.9 cm³/mol. The average Bonchev–Trinajstić information content (AvgIpc) is 2.25. The molecule has 0 rings (SSSR count). The summed E-state index contributed by atoms with van der Waals surface area (Å²) in [5.74, 6) is 0.478. The van der Waals surface area contributed by atoms with Gasteiger partial charge in [0.15, 0.2) is 0 Å². The first-order valence-corrected chi connectivity index (χ1v) is 5.81. The number of carbonyl (C=O) groups excluding carboxylic acids is 2. The molecule has 0 aliphatic rings. The highest BCUT2D eigenvalue weighted by molar-refractivity contribution is 5.78. The number of Topliss-reactive ketones (excluding diaryl/α,β-unsaturated/α-hetero) is 2. The third-order valence-electron chi connectivity index (χ3n) is 2.25. The molecule has 0 saturated heterocycles. The number of rotatable bonds is 10. The molecule has 0 bridgehead atoms. The molecule has 0 aromatic heterocycles. The normalized spacial score (nSPS) is 10.3. The zero-order chi connectivity index (χ0) is 11.5. The molecule has 88 valence electrons. The maximum atomic E-state index is 11.2. The van der Waals surface area contributed by atoms with E-state index in [0.29, 0.717) is 38.9 Å². The topological polar surface area (TPSA) is 43.4 Å². The van der Waals surface area contributed by atoms with Crippen LogP contribution in [0, 0.1) is 0 Å². The van der Waals surface area contributed by atoms with Crippen LogP contribution in [0.3, 0.4) is 0 Å². The van der Waals surface area contributed by atoms with E-state index in [2.05, 4.69) is 6.92 Å². The van der Waals surface area contributed by atoms with Crippen molar-refractivity contribution in [1.82, 2.24) is 0 Å². The predicted octanol–water partition coefficient (Wildman–Crippen LogP) is 2.52. The summed E-state index contributed by atoms with van der Waals surface area (Å²) < 4.78 is 5.22. The molecule has 3 heteroatoms. The molecule has 0 amide bonds. The van der Waals surface area contributed by atoms with E-state index < -0.39 is 0 Å². The maximum absolute atomic E-state index is 11.2. The van der Waals surface area contributed by atoms with E-state index in [1.165, 1.54) is 0 Å². The lowest BCUT2D eigenvalue weighted by atomic mass is 10.1. The molecule has 0 aliphatic carbocycles. The van der Waals surface area contributed by atoms with Crippen LogP contribution in [0.1, 0.15) is 52.4 Å². The van der Waals surface area contributed by atoms with Gasteiger partial charge < -0.3 is 4.74 Å². The van der Waals surface area contributed by atoms with Gasteiger partial charge in [-0.05, 0) is 6.42 Å². The third kappa shape index (κ3) is 9.60. The summed E-state index contributed by atoms with van der Waals surface area (Å²) in [5, 5.41) is 0. The second kappa shape index (κ2) is 9.84. The van der Waals surface area contributed by atoms with Crippen LogP contribution in [0.2, 0.25) is 0 Å². The minimum atomic E-state index is 0.215. The Labute approximate surface area is 92.2 Å². The molecule has 0 aromatic rings. The van der Waals surface area contributed by atoms with E-state index in [1.54, 1.807) is 0 Å². The van der Waals surface area contributed by atoms with E-state index in [-0.39, 0.29) is 11.6 Å². The number of unbranched alkanes of at least 4 members (excludes halogenated alkanes) is 1. The van der Waals surface area contributed by atoms with Crippen molar-refractivity contribution in [2.45, 2.75) is 52.4 Å². The van der Waals surface area contributed by atoms with Crippen LogP contribution in [-0.2, 0) is 14.3 Å². The van der Waals surface area contributed by atoms with Crippen molar-refractivity contribution >= 4 is 11.6 Å². The maximum Gasteiger partial charge on any atom is 0.135 e. The highest BCUT2D eigenvalue weighted by atomic mass is 16.5. The van der Waals surface area contributed by atoms with Crippen molar-refractivity contribution in [3.63, 3.8) is 0 Å². The van der Waals surface area contributed by atoms with Crippen LogP contribution in [0.15, 0.2) is 0 Å². The zero-order valence-electron chi connectivity index (χ0n) is 9.88. The minimum absolute atomic E-state index is 0.215. The quantitative estimate of drug-likeness (QED) is 0.525. The summed E-state index contributed by atoms with van der Waals surface area (Å²) in [6, 6.07) is 0. The summed E-state index contributed by atoms with van der Waals surface area (Å²) >= 11 is 0. The molecule has 0 aromatic carbocycles. The fourth-order valence-corrected chi connectivity index (χ4v) is 1.15. The van der Waals surface area contributed by atoms with E-state index in [0.717, 1.165) is 12.8 Å². The molecule has 0 fully saturated rings. The van der Waals surface area contributed by atoms with Crippen molar-refractivity contribution in [3.8, 4) is 0 Å². The largest absolute Gasteiger partial charge is 0.381 e. The van der Waals surface area contributed by atoms with Crippen LogP contribution in [0.25, 0.3) is 0 Å². The lowest BCUT2D eigenvalue weighted by Gasteiger charge is -2.02. The van der Waals surface area contributed by atoms with Gasteiger partial charge in [0.25, 0.3) is 0 Å².